The molecule has 0 amide bonds. The number of hydrogen-bond acceptors (Lipinski definition) is 4. The van der Waals surface area contributed by atoms with Crippen LogP contribution in [-0.2, 0) is 0 Å². The van der Waals surface area contributed by atoms with Gasteiger partial charge in [-0.2, -0.15) is 0 Å². The van der Waals surface area contributed by atoms with Gasteiger partial charge < -0.3 is 20.0 Å². The van der Waals surface area contributed by atoms with Gasteiger partial charge >= 0.3 is 0 Å². The highest BCUT2D eigenvalue weighted by Crippen LogP contribution is 2.29. The number of aliphatic hydroxyl groups excluding tert-OH is 1. The fraction of sp³-hybridized carbons (Fsp3) is 0.333. The van der Waals surface area contributed by atoms with E-state index >= 15 is 0 Å². The van der Waals surface area contributed by atoms with Crippen LogP contribution in [0.4, 0.5) is 0 Å². The van der Waals surface area contributed by atoms with Crippen molar-refractivity contribution in [2.24, 2.45) is 5.73 Å². The molecule has 1 unspecified atom stereocenters. The first-order chi connectivity index (χ1) is 7.72. The molecule has 1 heterocycles. The molecule has 0 fully saturated rings. The van der Waals surface area contributed by atoms with Crippen LogP contribution in [0.1, 0.15) is 5.56 Å². The largest absolute Gasteiger partial charge is 0.490 e. The van der Waals surface area contributed by atoms with E-state index in [9.17, 15) is 5.11 Å². The molecular weight excluding hydrogens is 206 g/mol. The number of hydrogen-bond donors (Lipinski definition) is 2. The van der Waals surface area contributed by atoms with E-state index in [0.717, 1.165) is 22.3 Å². The zero-order valence-corrected chi connectivity index (χ0v) is 9.14. The van der Waals surface area contributed by atoms with Crippen LogP contribution in [0.2, 0.25) is 0 Å². The highest BCUT2D eigenvalue weighted by Gasteiger charge is 2.09. The van der Waals surface area contributed by atoms with E-state index in [-0.39, 0.29) is 13.2 Å². The molecule has 1 atom stereocenters. The molecule has 1 aromatic carbocycles. The number of benzene rings is 1. The molecule has 4 heteroatoms. The van der Waals surface area contributed by atoms with Gasteiger partial charge in [0.1, 0.15) is 24.0 Å². The van der Waals surface area contributed by atoms with Crippen LogP contribution in [0.5, 0.6) is 5.75 Å². The van der Waals surface area contributed by atoms with E-state index in [1.165, 1.54) is 0 Å². The van der Waals surface area contributed by atoms with Gasteiger partial charge in [0.15, 0.2) is 0 Å². The van der Waals surface area contributed by atoms with E-state index in [2.05, 4.69) is 0 Å². The Morgan fingerprint density at radius 1 is 1.50 bits per heavy atom. The Kier molecular flexibility index (Phi) is 3.12. The zero-order valence-electron chi connectivity index (χ0n) is 9.14. The highest BCUT2D eigenvalue weighted by atomic mass is 16.5. The molecule has 0 bridgehead atoms. The van der Waals surface area contributed by atoms with Crippen LogP contribution >= 0.6 is 0 Å². The number of furan rings is 1. The molecule has 0 saturated heterocycles. The number of rotatable bonds is 4. The maximum atomic E-state index is 9.34. The predicted octanol–water partition coefficient (Wildman–Crippen LogP) is 1.44. The van der Waals surface area contributed by atoms with E-state index in [1.807, 2.05) is 25.1 Å². The van der Waals surface area contributed by atoms with E-state index in [0.29, 0.717) is 0 Å². The third-order valence-electron chi connectivity index (χ3n) is 2.45. The maximum Gasteiger partial charge on any atom is 0.137 e. The van der Waals surface area contributed by atoms with Gasteiger partial charge in [-0.15, -0.1) is 0 Å². The Balaban J connectivity index is 2.26. The lowest BCUT2D eigenvalue weighted by Gasteiger charge is -2.11. The molecule has 3 N–H and O–H groups in total. The van der Waals surface area contributed by atoms with Gasteiger partial charge in [0.2, 0.25) is 0 Å². The van der Waals surface area contributed by atoms with Crippen molar-refractivity contribution in [2.45, 2.75) is 13.0 Å². The lowest BCUT2D eigenvalue weighted by molar-refractivity contribution is 0.115. The second kappa shape index (κ2) is 4.55. The van der Waals surface area contributed by atoms with Gasteiger partial charge in [-0.25, -0.2) is 0 Å². The van der Waals surface area contributed by atoms with Crippen molar-refractivity contribution in [2.75, 3.05) is 13.2 Å². The van der Waals surface area contributed by atoms with Gasteiger partial charge in [-0.05, 0) is 24.6 Å². The first kappa shape index (κ1) is 11.0. The van der Waals surface area contributed by atoms with Crippen LogP contribution in [0.15, 0.2) is 28.9 Å². The number of aryl methyl sites for hydroxylation is 1. The van der Waals surface area contributed by atoms with Crippen molar-refractivity contribution in [3.05, 3.63) is 30.0 Å². The molecular formula is C12H15NO3. The summed E-state index contributed by atoms with van der Waals surface area (Å²) in [5.74, 6) is 0.719. The smallest absolute Gasteiger partial charge is 0.137 e. The van der Waals surface area contributed by atoms with Crippen LogP contribution in [0.3, 0.4) is 0 Å². The van der Waals surface area contributed by atoms with Crippen molar-refractivity contribution in [1.29, 1.82) is 0 Å². The Hall–Kier alpha value is -1.52. The van der Waals surface area contributed by atoms with Gasteiger partial charge in [-0.3, -0.25) is 0 Å². The Morgan fingerprint density at radius 2 is 2.31 bits per heavy atom. The maximum absolute atomic E-state index is 9.34. The van der Waals surface area contributed by atoms with Crippen molar-refractivity contribution < 1.29 is 14.3 Å². The van der Waals surface area contributed by atoms with Crippen molar-refractivity contribution in [1.82, 2.24) is 0 Å². The molecule has 16 heavy (non-hydrogen) atoms. The SMILES string of the molecule is Cc1coc2cccc(OCC(O)CN)c12. The Morgan fingerprint density at radius 3 is 3.06 bits per heavy atom. The first-order valence-electron chi connectivity index (χ1n) is 5.20. The standard InChI is InChI=1S/C12H15NO3/c1-8-6-15-10-3-2-4-11(12(8)10)16-7-9(14)5-13/h2-4,6,9,14H,5,7,13H2,1H3. The third-order valence-corrected chi connectivity index (χ3v) is 2.45. The van der Waals surface area contributed by atoms with Gasteiger partial charge in [-0.1, -0.05) is 6.07 Å². The summed E-state index contributed by atoms with van der Waals surface area (Å²) in [5.41, 5.74) is 7.12. The van der Waals surface area contributed by atoms with E-state index < -0.39 is 6.10 Å². The van der Waals surface area contributed by atoms with Crippen LogP contribution in [-0.4, -0.2) is 24.4 Å². The predicted molar refractivity (Wildman–Crippen MR) is 61.5 cm³/mol. The molecule has 2 aromatic rings. The minimum atomic E-state index is -0.637. The fourth-order valence-electron chi connectivity index (χ4n) is 1.58. The number of fused-ring (bicyclic) bond motifs is 1. The summed E-state index contributed by atoms with van der Waals surface area (Å²) in [4.78, 5) is 0. The van der Waals surface area contributed by atoms with Crippen LogP contribution in [0, 0.1) is 6.92 Å². The summed E-state index contributed by atoms with van der Waals surface area (Å²) < 4.78 is 10.9. The molecule has 1 aromatic heterocycles. The minimum absolute atomic E-state index is 0.195. The summed E-state index contributed by atoms with van der Waals surface area (Å²) in [6.07, 6.45) is 1.05. The molecule has 0 aliphatic carbocycles. The lowest BCUT2D eigenvalue weighted by atomic mass is 10.2. The van der Waals surface area contributed by atoms with Crippen LogP contribution in [0.25, 0.3) is 11.0 Å². The molecule has 0 aliphatic heterocycles. The summed E-state index contributed by atoms with van der Waals surface area (Å²) in [6, 6.07) is 5.60. The number of nitrogens with two attached hydrogens (primary N) is 1. The summed E-state index contributed by atoms with van der Waals surface area (Å²) in [6.45, 7) is 2.35. The molecule has 2 rings (SSSR count). The topological polar surface area (TPSA) is 68.6 Å². The molecule has 0 aliphatic rings. The summed E-state index contributed by atoms with van der Waals surface area (Å²) in [5, 5.41) is 10.3. The quantitative estimate of drug-likeness (QED) is 0.819. The van der Waals surface area contributed by atoms with E-state index in [4.69, 9.17) is 14.9 Å². The average Bonchev–Trinajstić information content (AvgIpc) is 2.69. The molecule has 0 spiro atoms. The zero-order chi connectivity index (χ0) is 11.5. The second-order valence-electron chi connectivity index (χ2n) is 3.75. The van der Waals surface area contributed by atoms with Gasteiger partial charge in [0, 0.05) is 6.54 Å². The molecule has 4 nitrogen and oxygen atoms in total. The highest BCUT2D eigenvalue weighted by molar-refractivity contribution is 5.87. The second-order valence-corrected chi connectivity index (χ2v) is 3.75. The van der Waals surface area contributed by atoms with E-state index in [1.54, 1.807) is 6.26 Å². The number of ether oxygens (including phenoxy) is 1. The fourth-order valence-corrected chi connectivity index (χ4v) is 1.58. The summed E-state index contributed by atoms with van der Waals surface area (Å²) in [7, 11) is 0. The van der Waals surface area contributed by atoms with Crippen LogP contribution < -0.4 is 10.5 Å². The van der Waals surface area contributed by atoms with Crippen molar-refractivity contribution in [3.63, 3.8) is 0 Å². The molecule has 0 radical (unpaired) electrons. The molecule has 0 saturated carbocycles. The molecule has 86 valence electrons. The number of aliphatic hydroxyl groups is 1. The lowest BCUT2D eigenvalue weighted by Crippen LogP contribution is -2.26. The summed E-state index contributed by atoms with van der Waals surface area (Å²) >= 11 is 0. The van der Waals surface area contributed by atoms with Crippen molar-refractivity contribution >= 4 is 11.0 Å². The monoisotopic (exact) mass is 221 g/mol. The van der Waals surface area contributed by atoms with Gasteiger partial charge in [0.05, 0.1) is 11.6 Å². The first-order valence-corrected chi connectivity index (χ1v) is 5.20. The van der Waals surface area contributed by atoms with Crippen molar-refractivity contribution in [3.8, 4) is 5.75 Å². The minimum Gasteiger partial charge on any atom is -0.490 e. The average molecular weight is 221 g/mol. The normalized spacial score (nSPS) is 12.9. The Bertz CT molecular complexity index is 478. The van der Waals surface area contributed by atoms with Gasteiger partial charge in [0.25, 0.3) is 0 Å². The third kappa shape index (κ3) is 2.03. The Labute approximate surface area is 93.6 Å².